The van der Waals surface area contributed by atoms with Crippen LogP contribution in [0.2, 0.25) is 0 Å². The Hall–Kier alpha value is -4.19. The van der Waals surface area contributed by atoms with Crippen molar-refractivity contribution in [1.82, 2.24) is 15.2 Å². The van der Waals surface area contributed by atoms with Crippen molar-refractivity contribution >= 4 is 28.8 Å². The molecular formula is C27H24FN3O2. The molecule has 4 aromatic rings. The quantitative estimate of drug-likeness (QED) is 0.401. The number of halogens is 1. The van der Waals surface area contributed by atoms with Crippen molar-refractivity contribution in [2.75, 3.05) is 0 Å². The summed E-state index contributed by atoms with van der Waals surface area (Å²) < 4.78 is 16.2. The van der Waals surface area contributed by atoms with Crippen LogP contribution in [0.5, 0.6) is 0 Å². The van der Waals surface area contributed by atoms with Crippen LogP contribution in [0.4, 0.5) is 4.39 Å². The Labute approximate surface area is 191 Å². The molecule has 2 amide bonds. The van der Waals surface area contributed by atoms with Crippen LogP contribution >= 0.6 is 0 Å². The number of hydrogen-bond donors (Lipinski definition) is 2. The lowest BCUT2D eigenvalue weighted by Crippen LogP contribution is -2.34. The molecule has 0 aliphatic rings. The smallest absolute Gasteiger partial charge is 0.268 e. The van der Waals surface area contributed by atoms with Gasteiger partial charge in [0.05, 0.1) is 5.56 Å². The number of benzene rings is 3. The van der Waals surface area contributed by atoms with E-state index in [1.807, 2.05) is 67.7 Å². The second kappa shape index (κ2) is 9.96. The van der Waals surface area contributed by atoms with Crippen molar-refractivity contribution in [2.24, 2.45) is 0 Å². The number of rotatable bonds is 7. The fourth-order valence-electron chi connectivity index (χ4n) is 3.67. The largest absolute Gasteiger partial charge is 0.347 e. The number of nitrogens with one attached hydrogen (secondary N) is 2. The van der Waals surface area contributed by atoms with Gasteiger partial charge in [-0.25, -0.2) is 4.39 Å². The number of aromatic nitrogens is 1. The van der Waals surface area contributed by atoms with E-state index in [-0.39, 0.29) is 11.3 Å². The standard InChI is InChI=1S/C27H24FN3O2/c1-2-31-18-20(21-12-7-9-15-25(21)31)16-24(27(33)29-17-19-10-4-3-5-11-19)30-26(32)22-13-6-8-14-23(22)28/h3-16,18H,2,17H2,1H3,(H,29,33)(H,30,32)/b24-16-. The van der Waals surface area contributed by atoms with Crippen molar-refractivity contribution < 1.29 is 14.0 Å². The van der Waals surface area contributed by atoms with Crippen LogP contribution in [0.3, 0.4) is 0 Å². The molecule has 1 aromatic heterocycles. The predicted octanol–water partition coefficient (Wildman–Crippen LogP) is 4.89. The molecule has 0 saturated carbocycles. The third-order valence-electron chi connectivity index (χ3n) is 5.37. The Morgan fingerprint density at radius 1 is 0.939 bits per heavy atom. The second-order valence-corrected chi connectivity index (χ2v) is 7.55. The summed E-state index contributed by atoms with van der Waals surface area (Å²) in [5.74, 6) is -1.80. The molecule has 33 heavy (non-hydrogen) atoms. The number of amides is 2. The Bertz CT molecular complexity index is 1330. The van der Waals surface area contributed by atoms with Gasteiger partial charge in [-0.2, -0.15) is 0 Å². The van der Waals surface area contributed by atoms with Crippen LogP contribution in [-0.4, -0.2) is 16.4 Å². The summed E-state index contributed by atoms with van der Waals surface area (Å²) >= 11 is 0. The zero-order chi connectivity index (χ0) is 23.2. The molecule has 0 saturated heterocycles. The number of para-hydroxylation sites is 1. The Morgan fingerprint density at radius 2 is 1.64 bits per heavy atom. The summed E-state index contributed by atoms with van der Waals surface area (Å²) in [6.07, 6.45) is 3.57. The van der Waals surface area contributed by atoms with E-state index in [0.717, 1.165) is 28.6 Å². The van der Waals surface area contributed by atoms with E-state index in [0.29, 0.717) is 6.54 Å². The van der Waals surface area contributed by atoms with E-state index in [1.165, 1.54) is 18.2 Å². The molecule has 0 spiro atoms. The van der Waals surface area contributed by atoms with Gasteiger partial charge in [0.25, 0.3) is 11.8 Å². The highest BCUT2D eigenvalue weighted by Crippen LogP contribution is 2.23. The molecule has 0 bridgehead atoms. The average Bonchev–Trinajstić information content (AvgIpc) is 3.20. The minimum atomic E-state index is -0.687. The van der Waals surface area contributed by atoms with Crippen LogP contribution in [0.25, 0.3) is 17.0 Å². The lowest BCUT2D eigenvalue weighted by atomic mass is 10.1. The van der Waals surface area contributed by atoms with Gasteiger partial charge < -0.3 is 15.2 Å². The van der Waals surface area contributed by atoms with Crippen molar-refractivity contribution in [1.29, 1.82) is 0 Å². The lowest BCUT2D eigenvalue weighted by Gasteiger charge is -2.11. The van der Waals surface area contributed by atoms with Crippen molar-refractivity contribution in [3.8, 4) is 0 Å². The molecule has 0 radical (unpaired) electrons. The Balaban J connectivity index is 1.68. The minimum Gasteiger partial charge on any atom is -0.347 e. The summed E-state index contributed by atoms with van der Waals surface area (Å²) in [4.78, 5) is 25.9. The van der Waals surface area contributed by atoms with Gasteiger partial charge in [-0.05, 0) is 36.8 Å². The van der Waals surface area contributed by atoms with Crippen LogP contribution in [0, 0.1) is 5.82 Å². The first kappa shape index (κ1) is 22.0. The van der Waals surface area contributed by atoms with Gasteiger partial charge in [-0.1, -0.05) is 60.7 Å². The monoisotopic (exact) mass is 441 g/mol. The maximum atomic E-state index is 14.2. The summed E-state index contributed by atoms with van der Waals surface area (Å²) in [6, 6.07) is 23.0. The zero-order valence-electron chi connectivity index (χ0n) is 18.2. The normalized spacial score (nSPS) is 11.4. The fraction of sp³-hybridized carbons (Fsp3) is 0.111. The number of nitrogens with zero attached hydrogens (tertiary/aromatic N) is 1. The molecule has 0 atom stereocenters. The number of aryl methyl sites for hydroxylation is 1. The predicted molar refractivity (Wildman–Crippen MR) is 128 cm³/mol. The molecule has 0 aliphatic carbocycles. The van der Waals surface area contributed by atoms with Gasteiger partial charge >= 0.3 is 0 Å². The SMILES string of the molecule is CCn1cc(/C=C(\NC(=O)c2ccccc2F)C(=O)NCc2ccccc2)c2ccccc21. The molecular weight excluding hydrogens is 417 g/mol. The van der Waals surface area contributed by atoms with Crippen molar-refractivity contribution in [3.63, 3.8) is 0 Å². The average molecular weight is 442 g/mol. The summed E-state index contributed by atoms with van der Waals surface area (Å²) in [5.41, 5.74) is 2.64. The molecule has 2 N–H and O–H groups in total. The van der Waals surface area contributed by atoms with Gasteiger partial charge in [0, 0.05) is 35.8 Å². The number of hydrogen-bond acceptors (Lipinski definition) is 2. The summed E-state index contributed by atoms with van der Waals surface area (Å²) in [7, 11) is 0. The molecule has 0 aliphatic heterocycles. The van der Waals surface area contributed by atoms with Gasteiger partial charge in [-0.15, -0.1) is 0 Å². The highest BCUT2D eigenvalue weighted by atomic mass is 19.1. The van der Waals surface area contributed by atoms with Crippen LogP contribution in [0.15, 0.2) is 90.8 Å². The highest BCUT2D eigenvalue weighted by molar-refractivity contribution is 6.06. The zero-order valence-corrected chi connectivity index (χ0v) is 18.2. The van der Waals surface area contributed by atoms with E-state index in [2.05, 4.69) is 15.2 Å². The van der Waals surface area contributed by atoms with E-state index in [4.69, 9.17) is 0 Å². The first-order valence-electron chi connectivity index (χ1n) is 10.7. The van der Waals surface area contributed by atoms with Gasteiger partial charge in [-0.3, -0.25) is 9.59 Å². The number of carbonyl (C=O) groups is 2. The van der Waals surface area contributed by atoms with Gasteiger partial charge in [0.1, 0.15) is 11.5 Å². The molecule has 3 aromatic carbocycles. The van der Waals surface area contributed by atoms with E-state index in [9.17, 15) is 14.0 Å². The van der Waals surface area contributed by atoms with E-state index < -0.39 is 17.6 Å². The lowest BCUT2D eigenvalue weighted by molar-refractivity contribution is -0.117. The first-order chi connectivity index (χ1) is 16.1. The van der Waals surface area contributed by atoms with Crippen LogP contribution in [0.1, 0.15) is 28.4 Å². The molecule has 166 valence electrons. The van der Waals surface area contributed by atoms with Crippen molar-refractivity contribution in [2.45, 2.75) is 20.0 Å². The first-order valence-corrected chi connectivity index (χ1v) is 10.7. The molecule has 0 unspecified atom stereocenters. The third-order valence-corrected chi connectivity index (χ3v) is 5.37. The van der Waals surface area contributed by atoms with E-state index in [1.54, 1.807) is 12.1 Å². The highest BCUT2D eigenvalue weighted by Gasteiger charge is 2.18. The summed E-state index contributed by atoms with van der Waals surface area (Å²) in [6.45, 7) is 3.09. The van der Waals surface area contributed by atoms with Crippen LogP contribution in [-0.2, 0) is 17.9 Å². The summed E-state index contributed by atoms with van der Waals surface area (Å²) in [5, 5.41) is 6.40. The van der Waals surface area contributed by atoms with Crippen LogP contribution < -0.4 is 10.6 Å². The maximum Gasteiger partial charge on any atom is 0.268 e. The molecule has 1 heterocycles. The number of carbonyl (C=O) groups excluding carboxylic acids is 2. The minimum absolute atomic E-state index is 0.0400. The molecule has 4 rings (SSSR count). The topological polar surface area (TPSA) is 63.1 Å². The third kappa shape index (κ3) is 5.01. The number of fused-ring (bicyclic) bond motifs is 1. The van der Waals surface area contributed by atoms with Crippen molar-refractivity contribution in [3.05, 3.63) is 113 Å². The van der Waals surface area contributed by atoms with Gasteiger partial charge in [0.2, 0.25) is 0 Å². The second-order valence-electron chi connectivity index (χ2n) is 7.55. The van der Waals surface area contributed by atoms with E-state index >= 15 is 0 Å². The Morgan fingerprint density at radius 3 is 2.39 bits per heavy atom. The fourth-order valence-corrected chi connectivity index (χ4v) is 3.67. The maximum absolute atomic E-state index is 14.2. The Kier molecular flexibility index (Phi) is 6.64. The molecule has 6 heteroatoms. The molecule has 0 fully saturated rings. The molecule has 5 nitrogen and oxygen atoms in total. The van der Waals surface area contributed by atoms with Gasteiger partial charge in [0.15, 0.2) is 0 Å².